The van der Waals surface area contributed by atoms with Crippen molar-refractivity contribution in [2.75, 3.05) is 6.61 Å². The Morgan fingerprint density at radius 3 is 1.96 bits per heavy atom. The second kappa shape index (κ2) is 7.81. The van der Waals surface area contributed by atoms with Gasteiger partial charge in [0.15, 0.2) is 0 Å². The van der Waals surface area contributed by atoms with Crippen molar-refractivity contribution >= 4 is 18.6 Å². The SMILES string of the molecule is CCCOC(=O)CC(S)c1cc(C(C)(C)C)c(O)c(C(C)(C)C)c1. The van der Waals surface area contributed by atoms with Crippen molar-refractivity contribution in [2.45, 2.75) is 77.4 Å². The molecule has 0 saturated heterocycles. The molecule has 0 saturated carbocycles. The summed E-state index contributed by atoms with van der Waals surface area (Å²) in [6.07, 6.45) is 1.03. The van der Waals surface area contributed by atoms with Crippen LogP contribution in [-0.4, -0.2) is 17.7 Å². The van der Waals surface area contributed by atoms with E-state index in [0.29, 0.717) is 12.4 Å². The Labute approximate surface area is 152 Å². The molecule has 4 heteroatoms. The van der Waals surface area contributed by atoms with E-state index in [9.17, 15) is 9.90 Å². The van der Waals surface area contributed by atoms with Gasteiger partial charge in [0, 0.05) is 5.25 Å². The molecular formula is C20H32O3S. The summed E-state index contributed by atoms with van der Waals surface area (Å²) >= 11 is 4.62. The normalized spacial score (nSPS) is 13.7. The molecule has 136 valence electrons. The molecule has 0 aliphatic carbocycles. The summed E-state index contributed by atoms with van der Waals surface area (Å²) in [5.74, 6) is 0.104. The Morgan fingerprint density at radius 1 is 1.12 bits per heavy atom. The smallest absolute Gasteiger partial charge is 0.307 e. The number of carbonyl (C=O) groups is 1. The Bertz CT molecular complexity index is 545. The average molecular weight is 353 g/mol. The fourth-order valence-corrected chi connectivity index (χ4v) is 2.84. The first-order valence-corrected chi connectivity index (χ1v) is 9.11. The molecule has 0 amide bonds. The number of ether oxygens (including phenoxy) is 1. The minimum Gasteiger partial charge on any atom is -0.507 e. The third-order valence-corrected chi connectivity index (χ3v) is 4.44. The lowest BCUT2D eigenvalue weighted by atomic mass is 9.78. The van der Waals surface area contributed by atoms with Crippen molar-refractivity contribution in [3.63, 3.8) is 0 Å². The Kier molecular flexibility index (Phi) is 6.80. The number of phenolic OH excluding ortho intramolecular Hbond substituents is 1. The van der Waals surface area contributed by atoms with Gasteiger partial charge in [-0.25, -0.2) is 0 Å². The highest BCUT2D eigenvalue weighted by Crippen LogP contribution is 2.42. The third-order valence-electron chi connectivity index (χ3n) is 3.96. The van der Waals surface area contributed by atoms with Crippen molar-refractivity contribution in [1.82, 2.24) is 0 Å². The maximum atomic E-state index is 11.9. The molecule has 1 N–H and O–H groups in total. The van der Waals surface area contributed by atoms with E-state index in [4.69, 9.17) is 4.74 Å². The first-order chi connectivity index (χ1) is 10.9. The van der Waals surface area contributed by atoms with Crippen molar-refractivity contribution in [3.8, 4) is 5.75 Å². The van der Waals surface area contributed by atoms with E-state index < -0.39 is 0 Å². The molecule has 0 spiro atoms. The van der Waals surface area contributed by atoms with Crippen LogP contribution in [0, 0.1) is 0 Å². The Hall–Kier alpha value is -1.16. The van der Waals surface area contributed by atoms with Crippen LogP contribution in [0.1, 0.15) is 83.2 Å². The lowest BCUT2D eigenvalue weighted by Crippen LogP contribution is -2.18. The second-order valence-corrected chi connectivity index (χ2v) is 9.03. The lowest BCUT2D eigenvalue weighted by Gasteiger charge is -2.29. The van der Waals surface area contributed by atoms with Crippen LogP contribution in [0.15, 0.2) is 12.1 Å². The monoisotopic (exact) mass is 352 g/mol. The number of rotatable bonds is 5. The van der Waals surface area contributed by atoms with E-state index in [0.717, 1.165) is 23.1 Å². The number of hydrogen-bond donors (Lipinski definition) is 2. The molecular weight excluding hydrogens is 320 g/mol. The average Bonchev–Trinajstić information content (AvgIpc) is 2.42. The molecule has 0 aliphatic rings. The van der Waals surface area contributed by atoms with Crippen LogP contribution in [0.4, 0.5) is 0 Å². The quantitative estimate of drug-likeness (QED) is 0.558. The number of phenols is 1. The second-order valence-electron chi connectivity index (χ2n) is 8.41. The number of benzene rings is 1. The third kappa shape index (κ3) is 5.44. The molecule has 1 rings (SSSR count). The molecule has 0 fully saturated rings. The highest BCUT2D eigenvalue weighted by molar-refractivity contribution is 7.80. The minimum absolute atomic E-state index is 0.198. The van der Waals surface area contributed by atoms with Gasteiger partial charge >= 0.3 is 5.97 Å². The van der Waals surface area contributed by atoms with Crippen molar-refractivity contribution in [1.29, 1.82) is 0 Å². The molecule has 0 aromatic heterocycles. The molecule has 1 aromatic carbocycles. The molecule has 24 heavy (non-hydrogen) atoms. The van der Waals surface area contributed by atoms with Gasteiger partial charge in [0.2, 0.25) is 0 Å². The van der Waals surface area contributed by atoms with E-state index in [1.54, 1.807) is 0 Å². The summed E-state index contributed by atoms with van der Waals surface area (Å²) < 4.78 is 5.16. The van der Waals surface area contributed by atoms with Gasteiger partial charge in [-0.15, -0.1) is 0 Å². The standard InChI is InChI=1S/C20H32O3S/c1-8-9-23-17(21)12-16(24)13-10-14(19(2,3)4)18(22)15(11-13)20(5,6)7/h10-11,16,22,24H,8-9,12H2,1-7H3. The Balaban J connectivity index is 3.26. The van der Waals surface area contributed by atoms with Gasteiger partial charge in [-0.3, -0.25) is 4.79 Å². The lowest BCUT2D eigenvalue weighted by molar-refractivity contribution is -0.143. The maximum absolute atomic E-state index is 11.9. The minimum atomic E-state index is -0.253. The number of thiol groups is 1. The topological polar surface area (TPSA) is 46.5 Å². The highest BCUT2D eigenvalue weighted by Gasteiger charge is 2.28. The van der Waals surface area contributed by atoms with Crippen LogP contribution in [-0.2, 0) is 20.4 Å². The van der Waals surface area contributed by atoms with Crippen molar-refractivity contribution in [3.05, 3.63) is 28.8 Å². The van der Waals surface area contributed by atoms with Crippen LogP contribution in [0.2, 0.25) is 0 Å². The summed E-state index contributed by atoms with van der Waals surface area (Å²) in [4.78, 5) is 11.9. The van der Waals surface area contributed by atoms with E-state index >= 15 is 0 Å². The van der Waals surface area contributed by atoms with Crippen LogP contribution in [0.25, 0.3) is 0 Å². The number of hydrogen-bond acceptors (Lipinski definition) is 4. The first-order valence-electron chi connectivity index (χ1n) is 8.59. The van der Waals surface area contributed by atoms with Gasteiger partial charge in [0.1, 0.15) is 5.75 Å². The van der Waals surface area contributed by atoms with Crippen molar-refractivity contribution < 1.29 is 14.6 Å². The zero-order valence-corrected chi connectivity index (χ0v) is 17.0. The van der Waals surface area contributed by atoms with Crippen LogP contribution in [0.3, 0.4) is 0 Å². The molecule has 3 nitrogen and oxygen atoms in total. The zero-order valence-electron chi connectivity index (χ0n) is 16.1. The maximum Gasteiger partial charge on any atom is 0.307 e. The van der Waals surface area contributed by atoms with E-state index in [1.165, 1.54) is 0 Å². The summed E-state index contributed by atoms with van der Waals surface area (Å²) in [6.45, 7) is 14.8. The predicted molar refractivity (Wildman–Crippen MR) is 103 cm³/mol. The van der Waals surface area contributed by atoms with Crippen molar-refractivity contribution in [2.24, 2.45) is 0 Å². The fraction of sp³-hybridized carbons (Fsp3) is 0.650. The van der Waals surface area contributed by atoms with Gasteiger partial charge in [-0.05, 0) is 33.9 Å². The first kappa shape index (κ1) is 20.9. The summed E-state index contributed by atoms with van der Waals surface area (Å²) in [5, 5.41) is 10.5. The van der Waals surface area contributed by atoms with Gasteiger partial charge in [0.25, 0.3) is 0 Å². The molecule has 1 aromatic rings. The molecule has 0 bridgehead atoms. The molecule has 1 unspecified atom stereocenters. The summed E-state index contributed by atoms with van der Waals surface area (Å²) in [7, 11) is 0. The summed E-state index contributed by atoms with van der Waals surface area (Å²) in [6, 6.07) is 3.94. The van der Waals surface area contributed by atoms with E-state index in [-0.39, 0.29) is 28.5 Å². The van der Waals surface area contributed by atoms with E-state index in [1.807, 2.05) is 19.1 Å². The molecule has 0 radical (unpaired) electrons. The predicted octanol–water partition coefficient (Wildman–Crippen LogP) is 5.30. The Morgan fingerprint density at radius 2 is 1.58 bits per heavy atom. The van der Waals surface area contributed by atoms with Gasteiger partial charge in [0.05, 0.1) is 13.0 Å². The zero-order chi connectivity index (χ0) is 18.7. The summed E-state index contributed by atoms with van der Waals surface area (Å²) in [5.41, 5.74) is 2.31. The van der Waals surface area contributed by atoms with Crippen LogP contribution in [0.5, 0.6) is 5.75 Å². The van der Waals surface area contributed by atoms with Gasteiger partial charge in [-0.2, -0.15) is 12.6 Å². The number of esters is 1. The highest BCUT2D eigenvalue weighted by atomic mass is 32.1. The van der Waals surface area contributed by atoms with Gasteiger partial charge in [-0.1, -0.05) is 60.6 Å². The van der Waals surface area contributed by atoms with Gasteiger partial charge < -0.3 is 9.84 Å². The van der Waals surface area contributed by atoms with Crippen LogP contribution < -0.4 is 0 Å². The molecule has 0 heterocycles. The van der Waals surface area contributed by atoms with E-state index in [2.05, 4.69) is 54.2 Å². The largest absolute Gasteiger partial charge is 0.507 e. The number of aromatic hydroxyl groups is 1. The van der Waals surface area contributed by atoms with Crippen LogP contribution >= 0.6 is 12.6 Å². The number of carbonyl (C=O) groups excluding carboxylic acids is 1. The fourth-order valence-electron chi connectivity index (χ4n) is 2.54. The molecule has 0 aliphatic heterocycles. The molecule has 1 atom stereocenters.